The fourth-order valence-corrected chi connectivity index (χ4v) is 3.02. The number of nitrogens with one attached hydrogen (secondary N) is 1. The average molecular weight is 293 g/mol. The summed E-state index contributed by atoms with van der Waals surface area (Å²) in [6.45, 7) is 3.78. The van der Waals surface area contributed by atoms with E-state index in [-0.39, 0.29) is 12.0 Å². The quantitative estimate of drug-likeness (QED) is 0.802. The standard InChI is InChI=1S/C14H23N5O2/c1-17-8-11(9-18-7-4-12(20)10-18)13(16-17)14(21)19-6-3-2-5-15-19/h8,12,15,20H,2-7,9-10H2,1H3. The van der Waals surface area contributed by atoms with Crippen molar-refractivity contribution in [1.82, 2.24) is 25.1 Å². The number of aromatic nitrogens is 2. The number of hydrogen-bond donors (Lipinski definition) is 2. The van der Waals surface area contributed by atoms with Crippen molar-refractivity contribution >= 4 is 5.91 Å². The van der Waals surface area contributed by atoms with Crippen LogP contribution < -0.4 is 5.43 Å². The van der Waals surface area contributed by atoms with E-state index < -0.39 is 0 Å². The summed E-state index contributed by atoms with van der Waals surface area (Å²) >= 11 is 0. The Morgan fingerprint density at radius 2 is 2.33 bits per heavy atom. The first-order chi connectivity index (χ1) is 10.1. The lowest BCUT2D eigenvalue weighted by atomic mass is 10.2. The molecule has 1 aromatic heterocycles. The molecule has 116 valence electrons. The first kappa shape index (κ1) is 14.5. The molecule has 7 nitrogen and oxygen atoms in total. The van der Waals surface area contributed by atoms with Crippen LogP contribution in [0.2, 0.25) is 0 Å². The molecular formula is C14H23N5O2. The van der Waals surface area contributed by atoms with Crippen molar-refractivity contribution in [3.05, 3.63) is 17.5 Å². The van der Waals surface area contributed by atoms with E-state index in [0.717, 1.165) is 44.5 Å². The van der Waals surface area contributed by atoms with Crippen molar-refractivity contribution in [3.63, 3.8) is 0 Å². The number of nitrogens with zero attached hydrogens (tertiary/aromatic N) is 4. The largest absolute Gasteiger partial charge is 0.392 e. The summed E-state index contributed by atoms with van der Waals surface area (Å²) in [6, 6.07) is 0. The van der Waals surface area contributed by atoms with Gasteiger partial charge in [0, 0.05) is 51.5 Å². The van der Waals surface area contributed by atoms with Gasteiger partial charge in [-0.05, 0) is 19.3 Å². The molecule has 7 heteroatoms. The van der Waals surface area contributed by atoms with Crippen molar-refractivity contribution in [1.29, 1.82) is 0 Å². The van der Waals surface area contributed by atoms with Crippen molar-refractivity contribution in [3.8, 4) is 0 Å². The fraction of sp³-hybridized carbons (Fsp3) is 0.714. The molecule has 2 fully saturated rings. The zero-order valence-electron chi connectivity index (χ0n) is 12.5. The lowest BCUT2D eigenvalue weighted by Gasteiger charge is -2.27. The van der Waals surface area contributed by atoms with Crippen LogP contribution >= 0.6 is 0 Å². The molecule has 0 saturated carbocycles. The maximum absolute atomic E-state index is 12.6. The number of rotatable bonds is 3. The zero-order chi connectivity index (χ0) is 14.8. The number of hydrogen-bond acceptors (Lipinski definition) is 5. The molecule has 0 radical (unpaired) electrons. The van der Waals surface area contributed by atoms with Crippen molar-refractivity contribution in [2.45, 2.75) is 31.9 Å². The summed E-state index contributed by atoms with van der Waals surface area (Å²) in [4.78, 5) is 14.8. The smallest absolute Gasteiger partial charge is 0.288 e. The molecule has 0 aliphatic carbocycles. The SMILES string of the molecule is Cn1cc(CN2CCC(O)C2)c(C(=O)N2CCCCN2)n1. The first-order valence-electron chi connectivity index (χ1n) is 7.62. The third-order valence-electron chi connectivity index (χ3n) is 4.10. The van der Waals surface area contributed by atoms with Crippen molar-refractivity contribution < 1.29 is 9.90 Å². The second kappa shape index (κ2) is 6.13. The molecule has 0 aromatic carbocycles. The van der Waals surface area contributed by atoms with E-state index in [2.05, 4.69) is 15.4 Å². The minimum absolute atomic E-state index is 0.0509. The van der Waals surface area contributed by atoms with Crippen LogP contribution in [0.3, 0.4) is 0 Å². The van der Waals surface area contributed by atoms with Gasteiger partial charge in [0.1, 0.15) is 0 Å². The van der Waals surface area contributed by atoms with Gasteiger partial charge in [0.05, 0.1) is 6.10 Å². The number of β-amino-alcohol motifs (C(OH)–C–C–N with tert-alkyl or cyclic N) is 1. The van der Waals surface area contributed by atoms with Crippen LogP contribution in [-0.2, 0) is 13.6 Å². The van der Waals surface area contributed by atoms with E-state index in [0.29, 0.717) is 18.8 Å². The minimum atomic E-state index is -0.246. The van der Waals surface area contributed by atoms with Gasteiger partial charge in [-0.25, -0.2) is 5.43 Å². The Kier molecular flexibility index (Phi) is 4.23. The van der Waals surface area contributed by atoms with Crippen LogP contribution in [0, 0.1) is 0 Å². The molecule has 1 aromatic rings. The predicted octanol–water partition coefficient (Wildman–Crippen LogP) is -0.273. The number of aliphatic hydroxyl groups is 1. The average Bonchev–Trinajstić information content (AvgIpc) is 3.05. The predicted molar refractivity (Wildman–Crippen MR) is 77.4 cm³/mol. The molecule has 1 atom stereocenters. The van der Waals surface area contributed by atoms with Gasteiger partial charge >= 0.3 is 0 Å². The number of likely N-dealkylation sites (tertiary alicyclic amines) is 1. The number of hydrazine groups is 1. The van der Waals surface area contributed by atoms with Crippen molar-refractivity contribution in [2.75, 3.05) is 26.2 Å². The van der Waals surface area contributed by atoms with Crippen LogP contribution in [0.5, 0.6) is 0 Å². The van der Waals surface area contributed by atoms with E-state index in [9.17, 15) is 9.90 Å². The second-order valence-electron chi connectivity index (χ2n) is 5.93. The normalized spacial score (nSPS) is 23.7. The maximum atomic E-state index is 12.6. The summed E-state index contributed by atoms with van der Waals surface area (Å²) in [7, 11) is 1.84. The van der Waals surface area contributed by atoms with Crippen molar-refractivity contribution in [2.24, 2.45) is 7.05 Å². The van der Waals surface area contributed by atoms with E-state index in [1.807, 2.05) is 13.2 Å². The summed E-state index contributed by atoms with van der Waals surface area (Å²) in [5.74, 6) is -0.0509. The summed E-state index contributed by atoms with van der Waals surface area (Å²) in [5, 5.41) is 15.6. The number of carbonyl (C=O) groups is 1. The van der Waals surface area contributed by atoms with Gasteiger partial charge < -0.3 is 5.11 Å². The van der Waals surface area contributed by atoms with Gasteiger partial charge in [0.25, 0.3) is 5.91 Å². The zero-order valence-corrected chi connectivity index (χ0v) is 12.5. The molecule has 0 bridgehead atoms. The maximum Gasteiger partial charge on any atom is 0.288 e. The highest BCUT2D eigenvalue weighted by atomic mass is 16.3. The van der Waals surface area contributed by atoms with Gasteiger partial charge in [0.2, 0.25) is 0 Å². The highest BCUT2D eigenvalue weighted by molar-refractivity contribution is 5.93. The topological polar surface area (TPSA) is 73.6 Å². The Bertz CT molecular complexity index is 509. The highest BCUT2D eigenvalue weighted by Gasteiger charge is 2.26. The molecule has 2 N–H and O–H groups in total. The molecule has 3 rings (SSSR count). The Hall–Kier alpha value is -1.44. The van der Waals surface area contributed by atoms with E-state index in [4.69, 9.17) is 0 Å². The molecule has 21 heavy (non-hydrogen) atoms. The van der Waals surface area contributed by atoms with Gasteiger partial charge in [-0.15, -0.1) is 0 Å². The Morgan fingerprint density at radius 3 is 3.00 bits per heavy atom. The van der Waals surface area contributed by atoms with Gasteiger partial charge in [-0.1, -0.05) is 0 Å². The third kappa shape index (κ3) is 3.25. The van der Waals surface area contributed by atoms with Crippen LogP contribution in [0.25, 0.3) is 0 Å². The summed E-state index contributed by atoms with van der Waals surface area (Å²) in [6.07, 6.45) is 4.59. The number of aliphatic hydroxyl groups excluding tert-OH is 1. The van der Waals surface area contributed by atoms with Crippen LogP contribution in [0.1, 0.15) is 35.3 Å². The van der Waals surface area contributed by atoms with Crippen LogP contribution in [-0.4, -0.2) is 63.0 Å². The Balaban J connectivity index is 1.73. The molecule has 2 aliphatic heterocycles. The van der Waals surface area contributed by atoms with Gasteiger partial charge in [-0.2, -0.15) is 5.10 Å². The Labute approximate surface area is 124 Å². The second-order valence-corrected chi connectivity index (χ2v) is 5.93. The molecule has 0 spiro atoms. The lowest BCUT2D eigenvalue weighted by Crippen LogP contribution is -2.47. The van der Waals surface area contributed by atoms with Gasteiger partial charge in [0.15, 0.2) is 5.69 Å². The minimum Gasteiger partial charge on any atom is -0.392 e. The molecule has 2 saturated heterocycles. The fourth-order valence-electron chi connectivity index (χ4n) is 3.02. The molecule has 1 unspecified atom stereocenters. The van der Waals surface area contributed by atoms with E-state index >= 15 is 0 Å². The van der Waals surface area contributed by atoms with E-state index in [1.54, 1.807) is 9.69 Å². The summed E-state index contributed by atoms with van der Waals surface area (Å²) < 4.78 is 1.69. The molecule has 2 aliphatic rings. The van der Waals surface area contributed by atoms with Gasteiger partial charge in [-0.3, -0.25) is 19.4 Å². The summed E-state index contributed by atoms with van der Waals surface area (Å²) in [5.41, 5.74) is 4.59. The number of aryl methyl sites for hydroxylation is 1. The van der Waals surface area contributed by atoms with Crippen LogP contribution in [0.4, 0.5) is 0 Å². The molecule has 3 heterocycles. The lowest BCUT2D eigenvalue weighted by molar-refractivity contribution is 0.0601. The van der Waals surface area contributed by atoms with E-state index in [1.165, 1.54) is 0 Å². The number of amides is 1. The third-order valence-corrected chi connectivity index (χ3v) is 4.10. The monoisotopic (exact) mass is 293 g/mol. The number of carbonyl (C=O) groups excluding carboxylic acids is 1. The molecule has 1 amide bonds. The Morgan fingerprint density at radius 1 is 1.48 bits per heavy atom. The first-order valence-corrected chi connectivity index (χ1v) is 7.62. The van der Waals surface area contributed by atoms with Crippen LogP contribution in [0.15, 0.2) is 6.20 Å². The highest BCUT2D eigenvalue weighted by Crippen LogP contribution is 2.17. The molecular weight excluding hydrogens is 270 g/mol.